The van der Waals surface area contributed by atoms with Crippen molar-refractivity contribution in [3.8, 4) is 0 Å². The first kappa shape index (κ1) is 19.0. The Labute approximate surface area is 126 Å². The van der Waals surface area contributed by atoms with Crippen molar-refractivity contribution in [2.45, 2.75) is 65.6 Å². The number of Topliss-reactive ketones (excluding diaryl/α,β-unsaturated/α-hetero) is 2. The second-order valence-electron chi connectivity index (χ2n) is 6.19. The van der Waals surface area contributed by atoms with Gasteiger partial charge in [-0.3, -0.25) is 9.59 Å². The van der Waals surface area contributed by atoms with Crippen LogP contribution in [0.3, 0.4) is 0 Å². The third kappa shape index (κ3) is 9.55. The molecule has 0 bridgehead atoms. The molecular formula is C15H28O2S2. The molecule has 0 aromatic rings. The van der Waals surface area contributed by atoms with Crippen LogP contribution in [0.2, 0.25) is 0 Å². The minimum atomic E-state index is -0.0198. The lowest BCUT2D eigenvalue weighted by molar-refractivity contribution is -0.122. The van der Waals surface area contributed by atoms with E-state index in [0.29, 0.717) is 24.4 Å². The quantitative estimate of drug-likeness (QED) is 0.430. The molecule has 4 heteroatoms. The number of rotatable bonds is 10. The van der Waals surface area contributed by atoms with Crippen LogP contribution in [0.1, 0.15) is 60.8 Å². The highest BCUT2D eigenvalue weighted by atomic mass is 33.1. The molecule has 0 atom stereocenters. The fourth-order valence-corrected chi connectivity index (χ4v) is 4.05. The number of ketones is 2. The zero-order valence-electron chi connectivity index (χ0n) is 13.1. The molecule has 2 nitrogen and oxygen atoms in total. The fourth-order valence-electron chi connectivity index (χ4n) is 1.45. The van der Waals surface area contributed by atoms with Crippen LogP contribution in [0.15, 0.2) is 0 Å². The van der Waals surface area contributed by atoms with Gasteiger partial charge in [-0.25, -0.2) is 0 Å². The van der Waals surface area contributed by atoms with Crippen LogP contribution in [0.5, 0.6) is 0 Å². The van der Waals surface area contributed by atoms with Gasteiger partial charge in [0.05, 0.1) is 0 Å². The molecule has 0 saturated carbocycles. The summed E-state index contributed by atoms with van der Waals surface area (Å²) in [5.74, 6) is 1.92. The zero-order valence-corrected chi connectivity index (χ0v) is 14.7. The first-order valence-corrected chi connectivity index (χ1v) is 9.33. The molecule has 0 saturated heterocycles. The van der Waals surface area contributed by atoms with Gasteiger partial charge < -0.3 is 0 Å². The monoisotopic (exact) mass is 304 g/mol. The third-order valence-corrected chi connectivity index (χ3v) is 6.20. The first-order valence-electron chi connectivity index (χ1n) is 7.02. The van der Waals surface area contributed by atoms with Crippen LogP contribution < -0.4 is 0 Å². The molecule has 0 aromatic heterocycles. The number of hydrogen-bond donors (Lipinski definition) is 0. The molecule has 0 aromatic carbocycles. The second-order valence-corrected chi connectivity index (χ2v) is 9.31. The predicted octanol–water partition coefficient (Wildman–Crippen LogP) is 4.77. The lowest BCUT2D eigenvalue weighted by Gasteiger charge is -2.23. The van der Waals surface area contributed by atoms with Crippen molar-refractivity contribution in [1.29, 1.82) is 0 Å². The van der Waals surface area contributed by atoms with E-state index >= 15 is 0 Å². The van der Waals surface area contributed by atoms with Gasteiger partial charge in [0.15, 0.2) is 0 Å². The lowest BCUT2D eigenvalue weighted by Crippen LogP contribution is -2.22. The zero-order chi connectivity index (χ0) is 15.1. The van der Waals surface area contributed by atoms with Crippen molar-refractivity contribution in [3.05, 3.63) is 0 Å². The van der Waals surface area contributed by atoms with Gasteiger partial charge >= 0.3 is 0 Å². The maximum atomic E-state index is 11.7. The molecule has 0 rings (SSSR count). The van der Waals surface area contributed by atoms with Crippen molar-refractivity contribution in [2.24, 2.45) is 11.8 Å². The number of carbonyl (C=O) groups is 2. The summed E-state index contributed by atoms with van der Waals surface area (Å²) >= 11 is 0. The molecule has 0 heterocycles. The van der Waals surface area contributed by atoms with Crippen LogP contribution >= 0.6 is 21.6 Å². The molecule has 19 heavy (non-hydrogen) atoms. The van der Waals surface area contributed by atoms with Crippen molar-refractivity contribution < 1.29 is 9.59 Å². The lowest BCUT2D eigenvalue weighted by atomic mass is 9.99. The highest BCUT2D eigenvalue weighted by Gasteiger charge is 2.24. The Bertz CT molecular complexity index is 297. The molecule has 0 N–H and O–H groups in total. The van der Waals surface area contributed by atoms with E-state index in [1.54, 1.807) is 21.6 Å². The van der Waals surface area contributed by atoms with Crippen LogP contribution in [0.25, 0.3) is 0 Å². The van der Waals surface area contributed by atoms with Gasteiger partial charge in [-0.1, -0.05) is 49.3 Å². The van der Waals surface area contributed by atoms with E-state index in [4.69, 9.17) is 0 Å². The van der Waals surface area contributed by atoms with E-state index in [2.05, 4.69) is 13.8 Å². The average Bonchev–Trinajstić information content (AvgIpc) is 2.27. The molecule has 0 aliphatic rings. The highest BCUT2D eigenvalue weighted by Crippen LogP contribution is 2.39. The van der Waals surface area contributed by atoms with E-state index < -0.39 is 0 Å². The van der Waals surface area contributed by atoms with E-state index in [1.807, 2.05) is 27.7 Å². The maximum absolute atomic E-state index is 11.7. The molecule has 0 spiro atoms. The molecule has 112 valence electrons. The van der Waals surface area contributed by atoms with Crippen LogP contribution in [0.4, 0.5) is 0 Å². The molecule has 0 radical (unpaired) electrons. The molecule has 0 unspecified atom stereocenters. The molecule has 0 fully saturated rings. The Hall–Kier alpha value is 0.0400. The molecule has 0 aliphatic heterocycles. The van der Waals surface area contributed by atoms with E-state index in [9.17, 15) is 9.59 Å². The van der Waals surface area contributed by atoms with Crippen molar-refractivity contribution in [1.82, 2.24) is 0 Å². The van der Waals surface area contributed by atoms with Gasteiger partial charge in [0.25, 0.3) is 0 Å². The summed E-state index contributed by atoms with van der Waals surface area (Å²) in [5.41, 5.74) is 0. The predicted molar refractivity (Wildman–Crippen MR) is 87.7 cm³/mol. The SMILES string of the molecule is CC(C)C(=O)CCCSSC(C)(C)CC(=O)C(C)C. The van der Waals surface area contributed by atoms with Gasteiger partial charge in [0.2, 0.25) is 0 Å². The van der Waals surface area contributed by atoms with Gasteiger partial charge in [0, 0.05) is 35.2 Å². The van der Waals surface area contributed by atoms with Crippen LogP contribution in [0, 0.1) is 11.8 Å². The van der Waals surface area contributed by atoms with E-state index in [1.165, 1.54) is 0 Å². The molecular weight excluding hydrogens is 276 g/mol. The summed E-state index contributed by atoms with van der Waals surface area (Å²) in [6, 6.07) is 0. The Kier molecular flexibility index (Phi) is 9.08. The van der Waals surface area contributed by atoms with Crippen molar-refractivity contribution in [2.75, 3.05) is 5.75 Å². The average molecular weight is 305 g/mol. The number of hydrogen-bond acceptors (Lipinski definition) is 4. The highest BCUT2D eigenvalue weighted by molar-refractivity contribution is 8.77. The standard InChI is InChI=1S/C15H28O2S2/c1-11(2)13(16)8-7-9-18-19-15(5,6)10-14(17)12(3)4/h11-12H,7-10H2,1-6H3. The van der Waals surface area contributed by atoms with E-state index in [0.717, 1.165) is 12.2 Å². The largest absolute Gasteiger partial charge is 0.299 e. The van der Waals surface area contributed by atoms with Gasteiger partial charge in [-0.05, 0) is 20.3 Å². The fraction of sp³-hybridized carbons (Fsp3) is 0.867. The first-order chi connectivity index (χ1) is 8.65. The molecule has 0 aliphatic carbocycles. The summed E-state index contributed by atoms with van der Waals surface area (Å²) in [6.07, 6.45) is 2.23. The van der Waals surface area contributed by atoms with Crippen LogP contribution in [-0.2, 0) is 9.59 Å². The second kappa shape index (κ2) is 9.06. The van der Waals surface area contributed by atoms with Crippen LogP contribution in [-0.4, -0.2) is 22.1 Å². The van der Waals surface area contributed by atoms with Crippen molar-refractivity contribution in [3.63, 3.8) is 0 Å². The Morgan fingerprint density at radius 2 is 1.53 bits per heavy atom. The molecule has 0 amide bonds. The Balaban J connectivity index is 3.81. The van der Waals surface area contributed by atoms with E-state index in [-0.39, 0.29) is 16.6 Å². The smallest absolute Gasteiger partial charge is 0.136 e. The third-order valence-electron chi connectivity index (χ3n) is 2.82. The summed E-state index contributed by atoms with van der Waals surface area (Å²) < 4.78 is -0.0198. The Morgan fingerprint density at radius 1 is 1.00 bits per heavy atom. The van der Waals surface area contributed by atoms with Crippen molar-refractivity contribution >= 4 is 33.2 Å². The summed E-state index contributed by atoms with van der Waals surface area (Å²) in [5, 5.41) is 0. The topological polar surface area (TPSA) is 34.1 Å². The minimum Gasteiger partial charge on any atom is -0.299 e. The van der Waals surface area contributed by atoms with Gasteiger partial charge in [-0.15, -0.1) is 0 Å². The minimum absolute atomic E-state index is 0.0198. The summed E-state index contributed by atoms with van der Waals surface area (Å²) in [7, 11) is 3.55. The summed E-state index contributed by atoms with van der Waals surface area (Å²) in [4.78, 5) is 23.2. The van der Waals surface area contributed by atoms with Gasteiger partial charge in [-0.2, -0.15) is 0 Å². The number of carbonyl (C=O) groups excluding carboxylic acids is 2. The maximum Gasteiger partial charge on any atom is 0.136 e. The normalized spacial score (nSPS) is 12.2. The van der Waals surface area contributed by atoms with Gasteiger partial charge in [0.1, 0.15) is 11.6 Å². The summed E-state index contributed by atoms with van der Waals surface area (Å²) in [6.45, 7) is 12.0. The Morgan fingerprint density at radius 3 is 2.00 bits per heavy atom.